The number of carbonyl (C=O) groups excluding carboxylic acids is 3. The Kier molecular flexibility index (Phi) is 13.1. The normalized spacial score (nSPS) is 15.7. The van der Waals surface area contributed by atoms with Crippen LogP contribution in [0.5, 0.6) is 0 Å². The highest BCUT2D eigenvalue weighted by Crippen LogP contribution is 2.10. The second-order valence-corrected chi connectivity index (χ2v) is 8.18. The highest BCUT2D eigenvalue weighted by atomic mass is 16.4. The van der Waals surface area contributed by atoms with Gasteiger partial charge in [-0.2, -0.15) is 0 Å². The van der Waals surface area contributed by atoms with Crippen molar-refractivity contribution in [3.05, 3.63) is 0 Å². The van der Waals surface area contributed by atoms with Gasteiger partial charge in [-0.15, -0.1) is 0 Å². The van der Waals surface area contributed by atoms with E-state index in [1.807, 2.05) is 13.8 Å². The van der Waals surface area contributed by atoms with Crippen LogP contribution in [0.3, 0.4) is 0 Å². The van der Waals surface area contributed by atoms with Gasteiger partial charge in [-0.05, 0) is 24.7 Å². The van der Waals surface area contributed by atoms with Gasteiger partial charge in [0, 0.05) is 6.42 Å². The monoisotopic (exact) mass is 460 g/mol. The molecular weight excluding hydrogens is 424 g/mol. The predicted octanol–water partition coefficient (Wildman–Crippen LogP) is -1.20. The molecule has 0 saturated heterocycles. The van der Waals surface area contributed by atoms with Crippen molar-refractivity contribution in [3.63, 3.8) is 0 Å². The molecule has 5 unspecified atom stereocenters. The minimum Gasteiger partial charge on any atom is -0.481 e. The van der Waals surface area contributed by atoms with Crippen LogP contribution in [0, 0.1) is 11.8 Å². The summed E-state index contributed by atoms with van der Waals surface area (Å²) in [6.45, 7) is 6.42. The lowest BCUT2D eigenvalue weighted by molar-refractivity contribution is -0.143. The molecule has 0 fully saturated rings. The van der Waals surface area contributed by atoms with Gasteiger partial charge in [-0.3, -0.25) is 19.2 Å². The molecule has 0 bridgehead atoms. The SMILES string of the molecule is CCC(C)C(NC(=O)C(CO)NC(=O)C(N)CC(C)C)C(=O)NC(CCC(=O)O)C(=O)O. The number of hydrogen-bond donors (Lipinski definition) is 7. The third-order valence-corrected chi connectivity index (χ3v) is 4.93. The molecule has 184 valence electrons. The van der Waals surface area contributed by atoms with Crippen LogP contribution in [0.1, 0.15) is 53.4 Å². The molecule has 0 heterocycles. The molecule has 0 aromatic rings. The van der Waals surface area contributed by atoms with E-state index < -0.39 is 72.8 Å². The van der Waals surface area contributed by atoms with Gasteiger partial charge in [0.1, 0.15) is 18.1 Å². The number of amides is 3. The van der Waals surface area contributed by atoms with Crippen LogP contribution in [-0.2, 0) is 24.0 Å². The van der Waals surface area contributed by atoms with E-state index in [4.69, 9.17) is 10.8 Å². The minimum absolute atomic E-state index is 0.138. The molecule has 0 aliphatic heterocycles. The van der Waals surface area contributed by atoms with E-state index in [9.17, 15) is 34.2 Å². The third kappa shape index (κ3) is 10.5. The lowest BCUT2D eigenvalue weighted by Gasteiger charge is -2.27. The van der Waals surface area contributed by atoms with E-state index in [-0.39, 0.29) is 12.3 Å². The van der Waals surface area contributed by atoms with Crippen LogP contribution in [0.4, 0.5) is 0 Å². The Labute approximate surface area is 187 Å². The number of rotatable bonds is 15. The van der Waals surface area contributed by atoms with Crippen molar-refractivity contribution < 1.29 is 39.3 Å². The highest BCUT2D eigenvalue weighted by molar-refractivity contribution is 5.94. The number of hydrogen-bond acceptors (Lipinski definition) is 7. The van der Waals surface area contributed by atoms with Crippen molar-refractivity contribution in [3.8, 4) is 0 Å². The molecule has 0 spiro atoms. The maximum Gasteiger partial charge on any atom is 0.326 e. The van der Waals surface area contributed by atoms with Crippen LogP contribution in [-0.4, -0.2) is 75.8 Å². The van der Waals surface area contributed by atoms with Crippen molar-refractivity contribution in [2.45, 2.75) is 77.5 Å². The minimum atomic E-state index is -1.45. The van der Waals surface area contributed by atoms with Crippen molar-refractivity contribution in [2.24, 2.45) is 17.6 Å². The molecule has 0 aliphatic rings. The number of aliphatic carboxylic acids is 2. The van der Waals surface area contributed by atoms with E-state index in [0.29, 0.717) is 12.8 Å². The largest absolute Gasteiger partial charge is 0.481 e. The predicted molar refractivity (Wildman–Crippen MR) is 114 cm³/mol. The van der Waals surface area contributed by atoms with Gasteiger partial charge in [0.05, 0.1) is 12.6 Å². The second kappa shape index (κ2) is 14.4. The number of carboxylic acids is 2. The maximum absolute atomic E-state index is 12.7. The number of aliphatic hydroxyl groups is 1. The Morgan fingerprint density at radius 1 is 0.875 bits per heavy atom. The van der Waals surface area contributed by atoms with Crippen molar-refractivity contribution in [2.75, 3.05) is 6.61 Å². The molecule has 0 radical (unpaired) electrons. The van der Waals surface area contributed by atoms with Crippen molar-refractivity contribution in [1.82, 2.24) is 16.0 Å². The quantitative estimate of drug-likeness (QED) is 0.156. The van der Waals surface area contributed by atoms with Crippen LogP contribution in [0.15, 0.2) is 0 Å². The van der Waals surface area contributed by atoms with E-state index in [2.05, 4.69) is 16.0 Å². The molecule has 0 aromatic carbocycles. The fraction of sp³-hybridized carbons (Fsp3) is 0.750. The Morgan fingerprint density at radius 3 is 1.88 bits per heavy atom. The van der Waals surface area contributed by atoms with Gasteiger partial charge in [0.2, 0.25) is 17.7 Å². The number of carboxylic acid groups (broad SMARTS) is 2. The Hall–Kier alpha value is -2.73. The first-order valence-electron chi connectivity index (χ1n) is 10.6. The van der Waals surface area contributed by atoms with Gasteiger partial charge in [-0.25, -0.2) is 4.79 Å². The molecule has 12 nitrogen and oxygen atoms in total. The summed E-state index contributed by atoms with van der Waals surface area (Å²) in [5.74, 6) is -5.19. The van der Waals surface area contributed by atoms with Crippen molar-refractivity contribution >= 4 is 29.7 Å². The van der Waals surface area contributed by atoms with Crippen LogP contribution in [0.25, 0.3) is 0 Å². The lowest BCUT2D eigenvalue weighted by Crippen LogP contribution is -2.59. The van der Waals surface area contributed by atoms with E-state index in [0.717, 1.165) is 0 Å². The van der Waals surface area contributed by atoms with Crippen molar-refractivity contribution in [1.29, 1.82) is 0 Å². The molecule has 0 rings (SSSR count). The van der Waals surface area contributed by atoms with E-state index in [1.54, 1.807) is 13.8 Å². The topological polar surface area (TPSA) is 208 Å². The summed E-state index contributed by atoms with van der Waals surface area (Å²) in [5.41, 5.74) is 5.79. The summed E-state index contributed by atoms with van der Waals surface area (Å²) in [5, 5.41) is 34.6. The average Bonchev–Trinajstić information content (AvgIpc) is 2.70. The first-order valence-corrected chi connectivity index (χ1v) is 10.6. The maximum atomic E-state index is 12.7. The molecule has 0 aromatic heterocycles. The summed E-state index contributed by atoms with van der Waals surface area (Å²) in [4.78, 5) is 59.6. The van der Waals surface area contributed by atoms with Crippen LogP contribution < -0.4 is 21.7 Å². The lowest BCUT2D eigenvalue weighted by atomic mass is 9.97. The number of nitrogens with two attached hydrogens (primary N) is 1. The third-order valence-electron chi connectivity index (χ3n) is 4.93. The van der Waals surface area contributed by atoms with Gasteiger partial charge in [0.25, 0.3) is 0 Å². The standard InChI is InChI=1S/C20H36N4O8/c1-5-11(4)16(19(30)22-13(20(31)32)6-7-15(26)27)24-18(29)14(9-25)23-17(28)12(21)8-10(2)3/h10-14,16,25H,5-9,21H2,1-4H3,(H,22,30)(H,23,28)(H,24,29)(H,26,27)(H,31,32). The summed E-state index contributed by atoms with van der Waals surface area (Å²) in [6, 6.07) is -4.86. The highest BCUT2D eigenvalue weighted by Gasteiger charge is 2.32. The number of nitrogens with one attached hydrogen (secondary N) is 3. The molecule has 12 heteroatoms. The van der Waals surface area contributed by atoms with Crippen LogP contribution >= 0.6 is 0 Å². The van der Waals surface area contributed by atoms with Crippen LogP contribution in [0.2, 0.25) is 0 Å². The van der Waals surface area contributed by atoms with Gasteiger partial charge in [-0.1, -0.05) is 34.1 Å². The van der Waals surface area contributed by atoms with Gasteiger partial charge >= 0.3 is 11.9 Å². The summed E-state index contributed by atoms with van der Waals surface area (Å²) in [7, 11) is 0. The first-order chi connectivity index (χ1) is 14.8. The van der Waals surface area contributed by atoms with Gasteiger partial charge in [0.15, 0.2) is 0 Å². The van der Waals surface area contributed by atoms with Gasteiger partial charge < -0.3 is 37.0 Å². The zero-order valence-corrected chi connectivity index (χ0v) is 19.0. The molecule has 8 N–H and O–H groups in total. The molecule has 3 amide bonds. The summed E-state index contributed by atoms with van der Waals surface area (Å²) >= 11 is 0. The zero-order valence-electron chi connectivity index (χ0n) is 19.0. The Bertz CT molecular complexity index is 670. The zero-order chi connectivity index (χ0) is 25.0. The van der Waals surface area contributed by atoms with E-state index in [1.165, 1.54) is 0 Å². The first kappa shape index (κ1) is 29.3. The molecular formula is C20H36N4O8. The molecule has 32 heavy (non-hydrogen) atoms. The Morgan fingerprint density at radius 2 is 1.44 bits per heavy atom. The number of aliphatic hydroxyl groups excluding tert-OH is 1. The molecule has 0 aliphatic carbocycles. The smallest absolute Gasteiger partial charge is 0.326 e. The number of carbonyl (C=O) groups is 5. The Balaban J connectivity index is 5.31. The summed E-state index contributed by atoms with van der Waals surface area (Å²) in [6.07, 6.45) is 0.0184. The fourth-order valence-electron chi connectivity index (χ4n) is 2.83. The molecule has 5 atom stereocenters. The van der Waals surface area contributed by atoms with E-state index >= 15 is 0 Å². The molecule has 0 saturated carbocycles. The fourth-order valence-corrected chi connectivity index (χ4v) is 2.83. The summed E-state index contributed by atoms with van der Waals surface area (Å²) < 4.78 is 0. The average molecular weight is 461 g/mol. The second-order valence-electron chi connectivity index (χ2n) is 8.18.